The van der Waals surface area contributed by atoms with Gasteiger partial charge >= 0.3 is 6.09 Å². The molecule has 10 heteroatoms. The predicted octanol–water partition coefficient (Wildman–Crippen LogP) is 5.51. The van der Waals surface area contributed by atoms with Gasteiger partial charge in [-0.05, 0) is 77.5 Å². The first-order valence-electron chi connectivity index (χ1n) is 13.1. The Morgan fingerprint density at radius 3 is 2.81 bits per heavy atom. The van der Waals surface area contributed by atoms with Gasteiger partial charge in [-0.25, -0.2) is 9.48 Å². The third-order valence-corrected chi connectivity index (χ3v) is 6.16. The van der Waals surface area contributed by atoms with Gasteiger partial charge in [0, 0.05) is 42.4 Å². The van der Waals surface area contributed by atoms with Gasteiger partial charge < -0.3 is 29.4 Å². The number of ether oxygens (including phenoxy) is 3. The highest BCUT2D eigenvalue weighted by Crippen LogP contribution is 2.34. The highest BCUT2D eigenvalue weighted by molar-refractivity contribution is 5.95. The Labute approximate surface area is 218 Å². The number of fused-ring (bicyclic) bond motifs is 1. The number of carbonyl (C=O) groups excluding carboxylic acids is 1. The van der Waals surface area contributed by atoms with E-state index in [4.69, 9.17) is 18.7 Å². The topological polar surface area (TPSA) is 113 Å². The van der Waals surface area contributed by atoms with Crippen LogP contribution >= 0.6 is 0 Å². The van der Waals surface area contributed by atoms with Crippen LogP contribution < -0.4 is 10.6 Å². The molecule has 1 saturated heterocycles. The van der Waals surface area contributed by atoms with Crippen molar-refractivity contribution in [2.45, 2.75) is 77.7 Å². The van der Waals surface area contributed by atoms with Crippen LogP contribution in [0.2, 0.25) is 0 Å². The average Bonchev–Trinajstić information content (AvgIpc) is 3.53. The van der Waals surface area contributed by atoms with Crippen LogP contribution in [-0.4, -0.2) is 59.0 Å². The first-order chi connectivity index (χ1) is 17.8. The average molecular weight is 514 g/mol. The van der Waals surface area contributed by atoms with Crippen LogP contribution in [-0.2, 0) is 14.2 Å². The summed E-state index contributed by atoms with van der Waals surface area (Å²) in [6.07, 6.45) is 9.66. The van der Waals surface area contributed by atoms with E-state index in [2.05, 4.69) is 33.0 Å². The quantitative estimate of drug-likeness (QED) is 0.323. The summed E-state index contributed by atoms with van der Waals surface area (Å²) in [7, 11) is 0. The summed E-state index contributed by atoms with van der Waals surface area (Å²) in [6.45, 7) is 10.1. The second-order valence-electron chi connectivity index (χ2n) is 10.5. The number of rotatable bonds is 11. The smallest absolute Gasteiger partial charge is 0.407 e. The standard InChI is InChI=1S/C27H39N5O5/c1-19(31-26(33)37-27(2,3)4)8-7-11-34-13-10-28-23-14-20(21-16-30-36-18-21)15-24-22(23)17-29-32(24)25-9-5-6-12-35-25/h14-19,25,28H,5-13H2,1-4H3,(H,31,33)/t19-,25?/m0/s1. The minimum Gasteiger partial charge on any atom is -0.444 e. The van der Waals surface area contributed by atoms with Gasteiger partial charge in [0.2, 0.25) is 0 Å². The molecular weight excluding hydrogens is 474 g/mol. The summed E-state index contributed by atoms with van der Waals surface area (Å²) in [6, 6.07) is 4.22. The molecule has 202 valence electrons. The maximum absolute atomic E-state index is 11.9. The van der Waals surface area contributed by atoms with Crippen molar-refractivity contribution in [1.82, 2.24) is 20.3 Å². The van der Waals surface area contributed by atoms with Gasteiger partial charge in [-0.3, -0.25) is 0 Å². The van der Waals surface area contributed by atoms with Crippen molar-refractivity contribution >= 4 is 22.7 Å². The molecule has 1 unspecified atom stereocenters. The molecule has 2 atom stereocenters. The van der Waals surface area contributed by atoms with Gasteiger partial charge in [0.1, 0.15) is 11.9 Å². The van der Waals surface area contributed by atoms with Crippen LogP contribution in [0, 0.1) is 0 Å². The summed E-state index contributed by atoms with van der Waals surface area (Å²) >= 11 is 0. The number of hydrogen-bond donors (Lipinski definition) is 2. The van der Waals surface area contributed by atoms with E-state index in [0.717, 1.165) is 66.4 Å². The van der Waals surface area contributed by atoms with Crippen LogP contribution in [0.25, 0.3) is 22.0 Å². The van der Waals surface area contributed by atoms with Crippen molar-refractivity contribution in [1.29, 1.82) is 0 Å². The number of alkyl carbamates (subject to hydrolysis) is 1. The summed E-state index contributed by atoms with van der Waals surface area (Å²) in [5.74, 6) is 0. The maximum Gasteiger partial charge on any atom is 0.407 e. The molecule has 1 aliphatic rings. The molecule has 1 aromatic carbocycles. The van der Waals surface area contributed by atoms with E-state index in [1.54, 1.807) is 12.5 Å². The molecule has 0 saturated carbocycles. The molecule has 4 rings (SSSR count). The first-order valence-corrected chi connectivity index (χ1v) is 13.1. The van der Waals surface area contributed by atoms with E-state index < -0.39 is 5.60 Å². The normalized spacial score (nSPS) is 17.0. The van der Waals surface area contributed by atoms with Gasteiger partial charge in [-0.15, -0.1) is 0 Å². The molecule has 1 fully saturated rings. The number of nitrogens with zero attached hydrogens (tertiary/aromatic N) is 3. The molecular formula is C27H39N5O5. The number of carbonyl (C=O) groups is 1. The molecule has 0 aliphatic carbocycles. The number of nitrogens with one attached hydrogen (secondary N) is 2. The molecule has 10 nitrogen and oxygen atoms in total. The molecule has 1 aliphatic heterocycles. The summed E-state index contributed by atoms with van der Waals surface area (Å²) in [5, 5.41) is 15.9. The van der Waals surface area contributed by atoms with Gasteiger partial charge in [-0.1, -0.05) is 5.16 Å². The lowest BCUT2D eigenvalue weighted by Gasteiger charge is -2.23. The van der Waals surface area contributed by atoms with E-state index in [9.17, 15) is 4.79 Å². The van der Waals surface area contributed by atoms with Crippen molar-refractivity contribution in [3.63, 3.8) is 0 Å². The highest BCUT2D eigenvalue weighted by atomic mass is 16.6. The zero-order valence-corrected chi connectivity index (χ0v) is 22.3. The second kappa shape index (κ2) is 12.4. The predicted molar refractivity (Wildman–Crippen MR) is 141 cm³/mol. The zero-order valence-electron chi connectivity index (χ0n) is 22.3. The molecule has 2 N–H and O–H groups in total. The zero-order chi connectivity index (χ0) is 26.3. The number of benzene rings is 1. The van der Waals surface area contributed by atoms with Gasteiger partial charge in [0.25, 0.3) is 0 Å². The third kappa shape index (κ3) is 7.69. The van der Waals surface area contributed by atoms with Crippen molar-refractivity contribution in [3.05, 3.63) is 30.8 Å². The van der Waals surface area contributed by atoms with Crippen LogP contribution in [0.1, 0.15) is 66.0 Å². The fraction of sp³-hybridized carbons (Fsp3) is 0.593. The Hall–Kier alpha value is -3.11. The summed E-state index contributed by atoms with van der Waals surface area (Å²) < 4.78 is 24.2. The van der Waals surface area contributed by atoms with Crippen LogP contribution in [0.3, 0.4) is 0 Å². The molecule has 0 bridgehead atoms. The lowest BCUT2D eigenvalue weighted by Crippen LogP contribution is -2.37. The van der Waals surface area contributed by atoms with E-state index in [-0.39, 0.29) is 18.4 Å². The minimum atomic E-state index is -0.497. The number of aromatic nitrogens is 3. The lowest BCUT2D eigenvalue weighted by molar-refractivity contribution is -0.0366. The van der Waals surface area contributed by atoms with Crippen molar-refractivity contribution in [2.75, 3.05) is 31.7 Å². The Balaban J connectivity index is 1.29. The highest BCUT2D eigenvalue weighted by Gasteiger charge is 2.21. The van der Waals surface area contributed by atoms with E-state index in [1.807, 2.05) is 38.6 Å². The summed E-state index contributed by atoms with van der Waals surface area (Å²) in [4.78, 5) is 11.9. The SMILES string of the molecule is C[C@@H](CCCOCCNc1cc(-c2cnoc2)cc2c1cnn2C1CCCCO1)NC(=O)OC(C)(C)C. The Bertz CT molecular complexity index is 1130. The Morgan fingerprint density at radius 1 is 1.22 bits per heavy atom. The molecule has 2 aromatic heterocycles. The van der Waals surface area contributed by atoms with E-state index in [1.165, 1.54) is 0 Å². The van der Waals surface area contributed by atoms with Gasteiger partial charge in [-0.2, -0.15) is 5.10 Å². The summed E-state index contributed by atoms with van der Waals surface area (Å²) in [5.41, 5.74) is 3.41. The number of hydrogen-bond acceptors (Lipinski definition) is 8. The monoisotopic (exact) mass is 513 g/mol. The van der Waals surface area contributed by atoms with E-state index >= 15 is 0 Å². The fourth-order valence-corrected chi connectivity index (χ4v) is 4.38. The van der Waals surface area contributed by atoms with Crippen LogP contribution in [0.4, 0.5) is 10.5 Å². The van der Waals surface area contributed by atoms with Crippen molar-refractivity contribution in [3.8, 4) is 11.1 Å². The maximum atomic E-state index is 11.9. The second-order valence-corrected chi connectivity index (χ2v) is 10.5. The van der Waals surface area contributed by atoms with Crippen LogP contribution in [0.5, 0.6) is 0 Å². The van der Waals surface area contributed by atoms with E-state index in [0.29, 0.717) is 19.8 Å². The van der Waals surface area contributed by atoms with Crippen molar-refractivity contribution < 1.29 is 23.5 Å². The Morgan fingerprint density at radius 2 is 2.08 bits per heavy atom. The largest absolute Gasteiger partial charge is 0.444 e. The lowest BCUT2D eigenvalue weighted by atomic mass is 10.1. The number of amides is 1. The molecule has 3 heterocycles. The third-order valence-electron chi connectivity index (χ3n) is 6.16. The molecule has 3 aromatic rings. The number of anilines is 1. The van der Waals surface area contributed by atoms with Gasteiger partial charge in [0.05, 0.1) is 24.5 Å². The fourth-order valence-electron chi connectivity index (χ4n) is 4.38. The molecule has 37 heavy (non-hydrogen) atoms. The molecule has 0 spiro atoms. The molecule has 0 radical (unpaired) electrons. The minimum absolute atomic E-state index is 0.0229. The Kier molecular flexibility index (Phi) is 9.04. The molecule has 1 amide bonds. The first kappa shape index (κ1) is 26.9. The van der Waals surface area contributed by atoms with Crippen LogP contribution in [0.15, 0.2) is 35.3 Å². The van der Waals surface area contributed by atoms with Gasteiger partial charge in [0.15, 0.2) is 6.23 Å². The van der Waals surface area contributed by atoms with Crippen molar-refractivity contribution in [2.24, 2.45) is 0 Å².